The van der Waals surface area contributed by atoms with Crippen molar-refractivity contribution in [2.24, 2.45) is 59.2 Å². The maximum absolute atomic E-state index is 7.22. The summed E-state index contributed by atoms with van der Waals surface area (Å²) < 4.78 is 14.2. The third-order valence-electron chi connectivity index (χ3n) is 11.7. The van der Waals surface area contributed by atoms with Crippen LogP contribution in [0.3, 0.4) is 0 Å². The lowest BCUT2D eigenvalue weighted by atomic mass is 9.79. The van der Waals surface area contributed by atoms with Crippen LogP contribution in [-0.2, 0) is 9.47 Å². The second-order valence-electron chi connectivity index (χ2n) is 15.3. The molecular weight excluding hydrogens is 476 g/mol. The molecule has 39 heavy (non-hydrogen) atoms. The average Bonchev–Trinajstić information content (AvgIpc) is 3.25. The van der Waals surface area contributed by atoms with E-state index in [1.807, 2.05) is 0 Å². The Morgan fingerprint density at radius 3 is 2.38 bits per heavy atom. The zero-order valence-corrected chi connectivity index (χ0v) is 25.8. The van der Waals surface area contributed by atoms with Crippen LogP contribution in [0.1, 0.15) is 112 Å². The van der Waals surface area contributed by atoms with Crippen LogP contribution in [0.4, 0.5) is 0 Å². The zero-order valence-electron chi connectivity index (χ0n) is 25.8. The summed E-state index contributed by atoms with van der Waals surface area (Å²) >= 11 is 0. The van der Waals surface area contributed by atoms with Crippen LogP contribution < -0.4 is 0 Å². The summed E-state index contributed by atoms with van der Waals surface area (Å²) in [4.78, 5) is 0. The smallest absolute Gasteiger partial charge is 0.202 e. The van der Waals surface area contributed by atoms with Gasteiger partial charge in [-0.25, -0.2) is 0 Å². The van der Waals surface area contributed by atoms with E-state index in [1.54, 1.807) is 16.7 Å². The molecule has 2 nitrogen and oxygen atoms in total. The molecule has 0 amide bonds. The van der Waals surface area contributed by atoms with Crippen molar-refractivity contribution < 1.29 is 9.47 Å². The van der Waals surface area contributed by atoms with Crippen LogP contribution >= 0.6 is 0 Å². The molecule has 10 atom stereocenters. The van der Waals surface area contributed by atoms with Gasteiger partial charge in [0.1, 0.15) is 0 Å². The van der Waals surface area contributed by atoms with E-state index < -0.39 is 0 Å². The maximum Gasteiger partial charge on any atom is 0.202 e. The second kappa shape index (κ2) is 11.5. The minimum atomic E-state index is -0.119. The molecular formula is C37H56O2. The highest BCUT2D eigenvalue weighted by molar-refractivity contribution is 5.51. The summed E-state index contributed by atoms with van der Waals surface area (Å²) in [5.74, 6) is 8.47. The highest BCUT2D eigenvalue weighted by Gasteiger charge is 2.55. The first-order valence-electron chi connectivity index (χ1n) is 16.9. The summed E-state index contributed by atoms with van der Waals surface area (Å²) in [6.45, 7) is 14.4. The van der Waals surface area contributed by atoms with Gasteiger partial charge < -0.3 is 9.47 Å². The first-order valence-corrected chi connectivity index (χ1v) is 16.9. The van der Waals surface area contributed by atoms with E-state index in [2.05, 4.69) is 65.8 Å². The van der Waals surface area contributed by atoms with E-state index in [0.29, 0.717) is 35.7 Å². The van der Waals surface area contributed by atoms with Crippen molar-refractivity contribution in [1.29, 1.82) is 0 Å². The maximum atomic E-state index is 7.22. The molecule has 0 heterocycles. The predicted molar refractivity (Wildman–Crippen MR) is 162 cm³/mol. The number of allylic oxidation sites excluding steroid dienone is 8. The molecule has 0 aromatic rings. The lowest BCUT2D eigenvalue weighted by Crippen LogP contribution is -2.39. The molecule has 0 N–H and O–H groups in total. The van der Waals surface area contributed by atoms with Gasteiger partial charge >= 0.3 is 0 Å². The topological polar surface area (TPSA) is 18.5 Å². The van der Waals surface area contributed by atoms with Crippen molar-refractivity contribution in [3.05, 3.63) is 46.8 Å². The molecule has 4 saturated carbocycles. The summed E-state index contributed by atoms with van der Waals surface area (Å²) in [6, 6.07) is 0. The van der Waals surface area contributed by atoms with Crippen LogP contribution in [0.5, 0.6) is 0 Å². The molecule has 6 rings (SSSR count). The zero-order chi connectivity index (χ0) is 27.3. The van der Waals surface area contributed by atoms with Crippen molar-refractivity contribution in [1.82, 2.24) is 0 Å². The fraction of sp³-hybridized carbons (Fsp3) is 0.784. The fourth-order valence-corrected chi connectivity index (χ4v) is 9.56. The molecule has 0 aromatic heterocycles. The Bertz CT molecular complexity index is 1010. The highest BCUT2D eigenvalue weighted by atomic mass is 16.7. The van der Waals surface area contributed by atoms with Gasteiger partial charge in [0, 0.05) is 12.3 Å². The van der Waals surface area contributed by atoms with Crippen molar-refractivity contribution >= 4 is 0 Å². The first-order chi connectivity index (χ1) is 18.8. The van der Waals surface area contributed by atoms with Crippen molar-refractivity contribution in [3.63, 3.8) is 0 Å². The average molecular weight is 533 g/mol. The number of hydrogen-bond acceptors (Lipinski definition) is 2. The Morgan fingerprint density at radius 2 is 1.64 bits per heavy atom. The van der Waals surface area contributed by atoms with Crippen LogP contribution in [0, 0.1) is 59.2 Å². The van der Waals surface area contributed by atoms with E-state index in [4.69, 9.17) is 9.47 Å². The summed E-state index contributed by atoms with van der Waals surface area (Å²) in [7, 11) is 0. The number of ether oxygens (including phenoxy) is 2. The van der Waals surface area contributed by atoms with E-state index in [0.717, 1.165) is 48.2 Å². The van der Waals surface area contributed by atoms with Crippen molar-refractivity contribution in [2.45, 2.75) is 125 Å². The van der Waals surface area contributed by atoms with Crippen LogP contribution in [0.25, 0.3) is 0 Å². The largest absolute Gasteiger partial charge is 0.469 e. The molecule has 216 valence electrons. The molecule has 10 unspecified atom stereocenters. The van der Waals surface area contributed by atoms with E-state index in [9.17, 15) is 0 Å². The lowest BCUT2D eigenvalue weighted by molar-refractivity contribution is -0.201. The lowest BCUT2D eigenvalue weighted by Gasteiger charge is -2.38. The Balaban J connectivity index is 1.22. The molecule has 0 spiro atoms. The summed E-state index contributed by atoms with van der Waals surface area (Å²) in [5, 5.41) is 0. The van der Waals surface area contributed by atoms with Crippen LogP contribution in [0.2, 0.25) is 0 Å². The molecule has 2 heteroatoms. The minimum absolute atomic E-state index is 0.119. The number of fused-ring (bicyclic) bond motifs is 6. The van der Waals surface area contributed by atoms with Gasteiger partial charge in [-0.15, -0.1) is 0 Å². The van der Waals surface area contributed by atoms with Crippen molar-refractivity contribution in [2.75, 3.05) is 0 Å². The minimum Gasteiger partial charge on any atom is -0.469 e. The van der Waals surface area contributed by atoms with Gasteiger partial charge in [-0.05, 0) is 128 Å². The number of rotatable bonds is 9. The number of hydrogen-bond donors (Lipinski definition) is 0. The molecule has 6 aliphatic carbocycles. The molecule has 0 aliphatic heterocycles. The van der Waals surface area contributed by atoms with Crippen LogP contribution in [0.15, 0.2) is 46.8 Å². The normalized spacial score (nSPS) is 39.1. The molecule has 0 aromatic carbocycles. The Labute approximate surface area is 239 Å². The quantitative estimate of drug-likeness (QED) is 0.275. The monoisotopic (exact) mass is 532 g/mol. The van der Waals surface area contributed by atoms with E-state index in [1.165, 1.54) is 57.8 Å². The second-order valence-corrected chi connectivity index (χ2v) is 15.3. The van der Waals surface area contributed by atoms with Gasteiger partial charge in [0.05, 0.1) is 11.9 Å². The summed E-state index contributed by atoms with van der Waals surface area (Å²) in [6.07, 6.45) is 24.3. The van der Waals surface area contributed by atoms with Gasteiger partial charge in [0.2, 0.25) is 6.29 Å². The van der Waals surface area contributed by atoms with E-state index >= 15 is 0 Å². The Hall–Kier alpha value is -1.28. The third kappa shape index (κ3) is 6.02. The van der Waals surface area contributed by atoms with Gasteiger partial charge in [-0.1, -0.05) is 71.8 Å². The van der Waals surface area contributed by atoms with Gasteiger partial charge in [0.15, 0.2) is 0 Å². The first kappa shape index (κ1) is 27.9. The van der Waals surface area contributed by atoms with Crippen molar-refractivity contribution in [3.8, 4) is 0 Å². The van der Waals surface area contributed by atoms with Gasteiger partial charge in [0.25, 0.3) is 0 Å². The standard InChI is InChI=1S/C37H56O2/c1-22(2)16-34(23(3)4)26-11-13-30(14-12-26)38-37(31-15-10-24(5)17-27-19-28(27)18-25(31)6)39-36-21-29-20-35(36)33-9-7-8-32(29)33/h11,13,17-18,22-25,29,31-37H,7-10,12,14-16,19-21H2,1-6H3. The molecule has 0 radical (unpaired) electrons. The van der Waals surface area contributed by atoms with Crippen LogP contribution in [-0.4, -0.2) is 12.4 Å². The molecule has 6 aliphatic rings. The van der Waals surface area contributed by atoms with Gasteiger partial charge in [-0.2, -0.15) is 0 Å². The van der Waals surface area contributed by atoms with Gasteiger partial charge in [-0.3, -0.25) is 0 Å². The highest BCUT2D eigenvalue weighted by Crippen LogP contribution is 2.60. The summed E-state index contributed by atoms with van der Waals surface area (Å²) in [5.41, 5.74) is 4.82. The van der Waals surface area contributed by atoms with E-state index in [-0.39, 0.29) is 6.29 Å². The Morgan fingerprint density at radius 1 is 0.846 bits per heavy atom. The Kier molecular flexibility index (Phi) is 8.25. The molecule has 4 fully saturated rings. The molecule has 2 bridgehead atoms. The predicted octanol–water partition coefficient (Wildman–Crippen LogP) is 10.0. The third-order valence-corrected chi connectivity index (χ3v) is 11.7. The fourth-order valence-electron chi connectivity index (χ4n) is 9.56. The molecule has 0 saturated heterocycles. The SMILES string of the molecule is CC(C)CC(C1=CC=C(OC(OC2CC3CC2C2CCCC32)C2CCC(C)C=C3CC3=CC2C)CC1)C(C)C.